The van der Waals surface area contributed by atoms with E-state index in [-0.39, 0.29) is 5.91 Å². The summed E-state index contributed by atoms with van der Waals surface area (Å²) in [5.41, 5.74) is -0.549. The number of hydrogen-bond acceptors (Lipinski definition) is 2. The van der Waals surface area contributed by atoms with Gasteiger partial charge in [-0.1, -0.05) is 15.9 Å². The maximum Gasteiger partial charge on any atom is 0.329 e. The van der Waals surface area contributed by atoms with Gasteiger partial charge in [-0.2, -0.15) is 0 Å². The van der Waals surface area contributed by atoms with E-state index in [9.17, 15) is 14.7 Å². The van der Waals surface area contributed by atoms with Gasteiger partial charge in [-0.3, -0.25) is 4.79 Å². The molecule has 0 saturated carbocycles. The van der Waals surface area contributed by atoms with E-state index in [1.807, 2.05) is 12.1 Å². The van der Waals surface area contributed by atoms with Gasteiger partial charge in [-0.15, -0.1) is 0 Å². The Bertz CT molecular complexity index is 549. The second kappa shape index (κ2) is 5.40. The first kappa shape index (κ1) is 14.8. The van der Waals surface area contributed by atoms with E-state index in [0.29, 0.717) is 18.5 Å². The molecule has 2 rings (SSSR count). The van der Waals surface area contributed by atoms with Gasteiger partial charge in [-0.25, -0.2) is 4.79 Å². The monoisotopic (exact) mass is 437 g/mol. The first-order valence-electron chi connectivity index (χ1n) is 5.86. The molecular weight excluding hydrogens is 425 g/mol. The molecule has 0 aliphatic carbocycles. The van der Waals surface area contributed by atoms with Gasteiger partial charge in [0.2, 0.25) is 0 Å². The Morgan fingerprint density at radius 2 is 2.16 bits per heavy atom. The number of carboxylic acid groups (broad SMARTS) is 1. The molecule has 1 aliphatic heterocycles. The van der Waals surface area contributed by atoms with E-state index in [0.717, 1.165) is 14.5 Å². The molecule has 102 valence electrons. The lowest BCUT2D eigenvalue weighted by Gasteiger charge is -2.31. The highest BCUT2D eigenvalue weighted by atomic mass is 127. The zero-order valence-corrected chi connectivity index (χ0v) is 14.1. The molecule has 1 aromatic rings. The number of rotatable bonds is 2. The fourth-order valence-electron chi connectivity index (χ4n) is 2.32. The molecule has 0 spiro atoms. The van der Waals surface area contributed by atoms with E-state index in [1.54, 1.807) is 13.0 Å². The van der Waals surface area contributed by atoms with Crippen LogP contribution in [0.1, 0.15) is 30.1 Å². The zero-order valence-electron chi connectivity index (χ0n) is 10.3. The van der Waals surface area contributed by atoms with Crippen molar-refractivity contribution in [3.63, 3.8) is 0 Å². The maximum absolute atomic E-state index is 12.6. The minimum absolute atomic E-state index is 0.215. The van der Waals surface area contributed by atoms with Gasteiger partial charge in [0.25, 0.3) is 5.91 Å². The van der Waals surface area contributed by atoms with Crippen LogP contribution in [0.25, 0.3) is 0 Å². The summed E-state index contributed by atoms with van der Waals surface area (Å²) in [5, 5.41) is 9.36. The maximum atomic E-state index is 12.6. The van der Waals surface area contributed by atoms with Crippen molar-refractivity contribution in [2.75, 3.05) is 6.54 Å². The van der Waals surface area contributed by atoms with E-state index < -0.39 is 11.5 Å². The molecule has 1 aliphatic rings. The van der Waals surface area contributed by atoms with Crippen molar-refractivity contribution in [1.29, 1.82) is 0 Å². The summed E-state index contributed by atoms with van der Waals surface area (Å²) in [5.74, 6) is -1.16. The number of nitrogens with zero attached hydrogens (tertiary/aromatic N) is 1. The molecule has 1 aromatic carbocycles. The summed E-state index contributed by atoms with van der Waals surface area (Å²) in [6, 6.07) is 5.44. The van der Waals surface area contributed by atoms with Crippen LogP contribution in [0.2, 0.25) is 0 Å². The predicted molar refractivity (Wildman–Crippen MR) is 83.2 cm³/mol. The first-order chi connectivity index (χ1) is 8.86. The molecule has 6 heteroatoms. The molecule has 19 heavy (non-hydrogen) atoms. The van der Waals surface area contributed by atoms with Gasteiger partial charge < -0.3 is 10.0 Å². The van der Waals surface area contributed by atoms with Crippen molar-refractivity contribution >= 4 is 50.4 Å². The molecule has 0 radical (unpaired) electrons. The number of carboxylic acids is 1. The number of benzene rings is 1. The lowest BCUT2D eigenvalue weighted by Crippen LogP contribution is -2.50. The van der Waals surface area contributed by atoms with Gasteiger partial charge in [0.1, 0.15) is 5.54 Å². The minimum Gasteiger partial charge on any atom is -0.480 e. The Labute approximate surface area is 133 Å². The van der Waals surface area contributed by atoms with Crippen molar-refractivity contribution in [1.82, 2.24) is 4.90 Å². The van der Waals surface area contributed by atoms with Gasteiger partial charge >= 0.3 is 5.97 Å². The van der Waals surface area contributed by atoms with Crippen LogP contribution in [0.3, 0.4) is 0 Å². The lowest BCUT2D eigenvalue weighted by atomic mass is 9.98. The Hall–Kier alpha value is -0.630. The summed E-state index contributed by atoms with van der Waals surface area (Å²) in [4.78, 5) is 25.5. The number of carbonyl (C=O) groups excluding carboxylic acids is 1. The molecule has 1 fully saturated rings. The average molecular weight is 438 g/mol. The van der Waals surface area contributed by atoms with Crippen molar-refractivity contribution < 1.29 is 14.7 Å². The van der Waals surface area contributed by atoms with Crippen LogP contribution in [0.5, 0.6) is 0 Å². The molecule has 1 amide bonds. The van der Waals surface area contributed by atoms with Crippen LogP contribution in [0.4, 0.5) is 0 Å². The number of hydrogen-bond donors (Lipinski definition) is 1. The molecular formula is C13H13BrINO3. The fraction of sp³-hybridized carbons (Fsp3) is 0.385. The smallest absolute Gasteiger partial charge is 0.329 e. The topological polar surface area (TPSA) is 57.6 Å². The highest BCUT2D eigenvalue weighted by molar-refractivity contribution is 14.1. The first-order valence-corrected chi connectivity index (χ1v) is 7.74. The number of likely N-dealkylation sites (tertiary alicyclic amines) is 1. The van der Waals surface area contributed by atoms with Crippen LogP contribution < -0.4 is 0 Å². The molecule has 0 bridgehead atoms. The number of carbonyl (C=O) groups is 2. The highest BCUT2D eigenvalue weighted by Gasteiger charge is 2.46. The van der Waals surface area contributed by atoms with Crippen molar-refractivity contribution in [3.05, 3.63) is 31.8 Å². The minimum atomic E-state index is -1.09. The second-order valence-electron chi connectivity index (χ2n) is 4.76. The SMILES string of the molecule is CC1(C(=O)O)CCCN1C(=O)c1cc(Br)ccc1I. The van der Waals surface area contributed by atoms with E-state index in [4.69, 9.17) is 0 Å². The second-order valence-corrected chi connectivity index (χ2v) is 6.84. The Balaban J connectivity index is 2.39. The molecule has 0 aromatic heterocycles. The van der Waals surface area contributed by atoms with Crippen LogP contribution in [-0.4, -0.2) is 34.0 Å². The molecule has 1 unspecified atom stereocenters. The van der Waals surface area contributed by atoms with E-state index in [2.05, 4.69) is 38.5 Å². The predicted octanol–water partition coefficient (Wildman–Crippen LogP) is 3.13. The van der Waals surface area contributed by atoms with E-state index >= 15 is 0 Å². The molecule has 1 saturated heterocycles. The third kappa shape index (κ3) is 2.65. The van der Waals surface area contributed by atoms with Crippen LogP contribution in [-0.2, 0) is 4.79 Å². The average Bonchev–Trinajstić information content (AvgIpc) is 2.75. The van der Waals surface area contributed by atoms with Crippen LogP contribution in [0.15, 0.2) is 22.7 Å². The zero-order chi connectivity index (χ0) is 14.2. The summed E-state index contributed by atoms with van der Waals surface area (Å²) >= 11 is 5.43. The van der Waals surface area contributed by atoms with Gasteiger partial charge in [0.15, 0.2) is 0 Å². The third-order valence-electron chi connectivity index (χ3n) is 3.51. The standard InChI is InChI=1S/C13H13BrINO3/c1-13(12(18)19)5-2-6-16(13)11(17)9-7-8(14)3-4-10(9)15/h3-4,7H,2,5-6H2,1H3,(H,18,19). The van der Waals surface area contributed by atoms with Gasteiger partial charge in [-0.05, 0) is 60.6 Å². The highest BCUT2D eigenvalue weighted by Crippen LogP contribution is 2.32. The Morgan fingerprint density at radius 1 is 1.47 bits per heavy atom. The number of aliphatic carboxylic acids is 1. The van der Waals surface area contributed by atoms with Crippen LogP contribution in [0, 0.1) is 3.57 Å². The third-order valence-corrected chi connectivity index (χ3v) is 4.94. The van der Waals surface area contributed by atoms with Gasteiger partial charge in [0, 0.05) is 14.6 Å². The Morgan fingerprint density at radius 3 is 2.79 bits per heavy atom. The summed E-state index contributed by atoms with van der Waals surface area (Å²) < 4.78 is 1.64. The quantitative estimate of drug-likeness (QED) is 0.723. The van der Waals surface area contributed by atoms with Crippen molar-refractivity contribution in [2.24, 2.45) is 0 Å². The molecule has 1 N–H and O–H groups in total. The van der Waals surface area contributed by atoms with Gasteiger partial charge in [0.05, 0.1) is 5.56 Å². The summed E-state index contributed by atoms with van der Waals surface area (Å²) in [6.07, 6.45) is 1.22. The normalized spacial score (nSPS) is 22.6. The van der Waals surface area contributed by atoms with Crippen molar-refractivity contribution in [3.8, 4) is 0 Å². The fourth-order valence-corrected chi connectivity index (χ4v) is 3.25. The summed E-state index contributed by atoms with van der Waals surface area (Å²) in [6.45, 7) is 2.11. The molecule has 1 heterocycles. The molecule has 4 nitrogen and oxygen atoms in total. The molecule has 1 atom stereocenters. The van der Waals surface area contributed by atoms with Crippen LogP contribution >= 0.6 is 38.5 Å². The number of halogens is 2. The van der Waals surface area contributed by atoms with E-state index in [1.165, 1.54) is 4.90 Å². The Kier molecular flexibility index (Phi) is 4.20. The van der Waals surface area contributed by atoms with Crippen molar-refractivity contribution in [2.45, 2.75) is 25.3 Å². The largest absolute Gasteiger partial charge is 0.480 e. The lowest BCUT2D eigenvalue weighted by molar-refractivity contribution is -0.147. The number of amides is 1. The summed E-state index contributed by atoms with van der Waals surface area (Å²) in [7, 11) is 0.